The van der Waals surface area contributed by atoms with Crippen LogP contribution in [0, 0.1) is 0 Å². The maximum absolute atomic E-state index is 12.3. The third-order valence-electron chi connectivity index (χ3n) is 2.92. The topological polar surface area (TPSA) is 76.1 Å². The Balaban J connectivity index is 2.89. The summed E-state index contributed by atoms with van der Waals surface area (Å²) in [5.74, 6) is 0. The van der Waals surface area contributed by atoms with Gasteiger partial charge < -0.3 is 14.6 Å². The average Bonchev–Trinajstić information content (AvgIpc) is 2.58. The van der Waals surface area contributed by atoms with Gasteiger partial charge in [0.2, 0.25) is 0 Å². The van der Waals surface area contributed by atoms with Crippen molar-refractivity contribution in [3.63, 3.8) is 0 Å². The normalized spacial score (nSPS) is 22.8. The summed E-state index contributed by atoms with van der Waals surface area (Å²) >= 11 is 0. The fourth-order valence-corrected chi connectivity index (χ4v) is 2.16. The van der Waals surface area contributed by atoms with Crippen LogP contribution in [0.3, 0.4) is 0 Å². The predicted molar refractivity (Wildman–Crippen MR) is 78.0 cm³/mol. The van der Waals surface area contributed by atoms with Crippen LogP contribution in [0.5, 0.6) is 0 Å². The van der Waals surface area contributed by atoms with E-state index in [1.54, 1.807) is 41.5 Å². The van der Waals surface area contributed by atoms with Crippen molar-refractivity contribution < 1.29 is 24.2 Å². The molecule has 1 aliphatic rings. The highest BCUT2D eigenvalue weighted by Gasteiger charge is 2.39. The molecule has 0 saturated heterocycles. The van der Waals surface area contributed by atoms with E-state index in [0.29, 0.717) is 19.3 Å². The molecule has 6 nitrogen and oxygen atoms in total. The Labute approximate surface area is 126 Å². The van der Waals surface area contributed by atoms with Crippen LogP contribution >= 0.6 is 0 Å². The molecule has 1 saturated carbocycles. The lowest BCUT2D eigenvalue weighted by Gasteiger charge is -2.31. The number of rotatable bonds is 1. The van der Waals surface area contributed by atoms with Crippen molar-refractivity contribution in [1.29, 1.82) is 0 Å². The van der Waals surface area contributed by atoms with Gasteiger partial charge in [0.25, 0.3) is 0 Å². The van der Waals surface area contributed by atoms with E-state index in [9.17, 15) is 14.7 Å². The van der Waals surface area contributed by atoms with E-state index in [1.807, 2.05) is 0 Å². The van der Waals surface area contributed by atoms with Gasteiger partial charge in [0, 0.05) is 6.04 Å². The van der Waals surface area contributed by atoms with E-state index in [0.717, 1.165) is 4.90 Å². The standard InChI is InChI=1S/C15H27NO5/c1-14(2,3)20-12(18)16(10-7-8-11(17)9-10)13(19)21-15(4,5)6/h10-11,17H,7-9H2,1-6H3/t10-,11+/m0/s1. The van der Waals surface area contributed by atoms with Gasteiger partial charge in [-0.3, -0.25) is 0 Å². The lowest BCUT2D eigenvalue weighted by Crippen LogP contribution is -2.48. The maximum Gasteiger partial charge on any atom is 0.420 e. The van der Waals surface area contributed by atoms with Crippen molar-refractivity contribution in [2.45, 2.75) is 84.2 Å². The average molecular weight is 301 g/mol. The van der Waals surface area contributed by atoms with Gasteiger partial charge in [-0.15, -0.1) is 0 Å². The fraction of sp³-hybridized carbons (Fsp3) is 0.867. The minimum absolute atomic E-state index is 0.360. The second-order valence-corrected chi connectivity index (χ2v) is 7.45. The zero-order valence-corrected chi connectivity index (χ0v) is 13.8. The Morgan fingerprint density at radius 2 is 1.38 bits per heavy atom. The Bertz CT molecular complexity index is 366. The van der Waals surface area contributed by atoms with E-state index in [4.69, 9.17) is 9.47 Å². The molecular weight excluding hydrogens is 274 g/mol. The largest absolute Gasteiger partial charge is 0.443 e. The van der Waals surface area contributed by atoms with Gasteiger partial charge in [-0.1, -0.05) is 0 Å². The summed E-state index contributed by atoms with van der Waals surface area (Å²) in [5, 5.41) is 9.65. The Kier molecular flexibility index (Phi) is 5.25. The molecule has 6 heteroatoms. The highest BCUT2D eigenvalue weighted by Crippen LogP contribution is 2.27. The lowest BCUT2D eigenvalue weighted by molar-refractivity contribution is -0.00760. The minimum atomic E-state index is -0.726. The first-order valence-electron chi connectivity index (χ1n) is 7.32. The second kappa shape index (κ2) is 6.22. The number of hydrogen-bond acceptors (Lipinski definition) is 5. The molecule has 21 heavy (non-hydrogen) atoms. The van der Waals surface area contributed by atoms with Crippen LogP contribution in [0.25, 0.3) is 0 Å². The monoisotopic (exact) mass is 301 g/mol. The van der Waals surface area contributed by atoms with Gasteiger partial charge in [-0.05, 0) is 60.8 Å². The Hall–Kier alpha value is -1.30. The van der Waals surface area contributed by atoms with E-state index >= 15 is 0 Å². The molecule has 0 aromatic rings. The molecule has 0 aromatic carbocycles. The first kappa shape index (κ1) is 17.8. The van der Waals surface area contributed by atoms with Gasteiger partial charge in [-0.2, -0.15) is 0 Å². The summed E-state index contributed by atoms with van der Waals surface area (Å²) < 4.78 is 10.6. The fourth-order valence-electron chi connectivity index (χ4n) is 2.16. The molecule has 2 amide bonds. The Morgan fingerprint density at radius 1 is 0.952 bits per heavy atom. The van der Waals surface area contributed by atoms with Gasteiger partial charge >= 0.3 is 12.2 Å². The molecule has 0 unspecified atom stereocenters. The summed E-state index contributed by atoms with van der Waals surface area (Å²) in [6, 6.07) is -0.385. The first-order chi connectivity index (χ1) is 9.39. The minimum Gasteiger partial charge on any atom is -0.443 e. The molecule has 0 aromatic heterocycles. The highest BCUT2D eigenvalue weighted by atomic mass is 16.6. The van der Waals surface area contributed by atoms with Crippen LogP contribution in [0.4, 0.5) is 9.59 Å². The van der Waals surface area contributed by atoms with Crippen molar-refractivity contribution in [3.05, 3.63) is 0 Å². The number of imide groups is 1. The van der Waals surface area contributed by atoms with Crippen LogP contribution in [-0.2, 0) is 9.47 Å². The second-order valence-electron chi connectivity index (χ2n) is 7.45. The molecule has 122 valence electrons. The third-order valence-corrected chi connectivity index (χ3v) is 2.92. The van der Waals surface area contributed by atoms with E-state index in [-0.39, 0.29) is 6.04 Å². The number of aliphatic hydroxyl groups is 1. The SMILES string of the molecule is CC(C)(C)OC(=O)N(C(=O)OC(C)(C)C)[C@H]1CC[C@@H](O)C1. The lowest BCUT2D eigenvalue weighted by atomic mass is 10.2. The molecule has 0 heterocycles. The number of ether oxygens (including phenoxy) is 2. The maximum atomic E-state index is 12.3. The van der Waals surface area contributed by atoms with Crippen LogP contribution < -0.4 is 0 Å². The molecule has 2 atom stereocenters. The summed E-state index contributed by atoms with van der Waals surface area (Å²) in [6.45, 7) is 10.4. The number of hydrogen-bond donors (Lipinski definition) is 1. The van der Waals surface area contributed by atoms with Crippen molar-refractivity contribution in [3.8, 4) is 0 Å². The molecule has 1 N–H and O–H groups in total. The van der Waals surface area contributed by atoms with Gasteiger partial charge in [0.05, 0.1) is 6.10 Å². The molecule has 0 spiro atoms. The molecule has 0 bridgehead atoms. The smallest absolute Gasteiger partial charge is 0.420 e. The number of nitrogens with zero attached hydrogens (tertiary/aromatic N) is 1. The first-order valence-corrected chi connectivity index (χ1v) is 7.32. The van der Waals surface area contributed by atoms with Crippen LogP contribution in [0.2, 0.25) is 0 Å². The zero-order chi connectivity index (χ0) is 16.4. The summed E-state index contributed by atoms with van der Waals surface area (Å²) in [7, 11) is 0. The molecular formula is C15H27NO5. The summed E-state index contributed by atoms with van der Waals surface area (Å²) in [5.41, 5.74) is -1.40. The van der Waals surface area contributed by atoms with E-state index in [2.05, 4.69) is 0 Å². The van der Waals surface area contributed by atoms with Crippen molar-refractivity contribution >= 4 is 12.2 Å². The molecule has 0 aliphatic heterocycles. The van der Waals surface area contributed by atoms with E-state index in [1.165, 1.54) is 0 Å². The third kappa shape index (κ3) is 5.91. The summed E-state index contributed by atoms with van der Waals surface area (Å²) in [4.78, 5) is 25.6. The zero-order valence-electron chi connectivity index (χ0n) is 13.8. The number of amides is 2. The van der Waals surface area contributed by atoms with Crippen LogP contribution in [0.15, 0.2) is 0 Å². The molecule has 1 rings (SSSR count). The van der Waals surface area contributed by atoms with Gasteiger partial charge in [0.15, 0.2) is 0 Å². The number of aliphatic hydroxyl groups excluding tert-OH is 1. The van der Waals surface area contributed by atoms with Gasteiger partial charge in [0.1, 0.15) is 11.2 Å². The molecule has 1 aliphatic carbocycles. The van der Waals surface area contributed by atoms with Crippen LogP contribution in [-0.4, -0.2) is 45.5 Å². The number of carbonyl (C=O) groups is 2. The van der Waals surface area contributed by atoms with Crippen molar-refractivity contribution in [2.24, 2.45) is 0 Å². The number of carbonyl (C=O) groups excluding carboxylic acids is 2. The molecule has 0 radical (unpaired) electrons. The predicted octanol–water partition coefficient (Wildman–Crippen LogP) is 3.07. The quantitative estimate of drug-likeness (QED) is 0.805. The summed E-state index contributed by atoms with van der Waals surface area (Å²) in [6.07, 6.45) is -0.473. The van der Waals surface area contributed by atoms with Crippen molar-refractivity contribution in [1.82, 2.24) is 4.90 Å². The Morgan fingerprint density at radius 3 is 1.67 bits per heavy atom. The van der Waals surface area contributed by atoms with Crippen LogP contribution in [0.1, 0.15) is 60.8 Å². The highest BCUT2D eigenvalue weighted by molar-refractivity contribution is 5.88. The molecule has 1 fully saturated rings. The van der Waals surface area contributed by atoms with Crippen molar-refractivity contribution in [2.75, 3.05) is 0 Å². The van der Waals surface area contributed by atoms with Gasteiger partial charge in [-0.25, -0.2) is 14.5 Å². The van der Waals surface area contributed by atoms with E-state index < -0.39 is 29.5 Å².